The number of carbonyl (C=O) groups excluding carboxylic acids is 2. The zero-order valence-electron chi connectivity index (χ0n) is 9.90. The van der Waals surface area contributed by atoms with Crippen LogP contribution in [0.15, 0.2) is 24.3 Å². The lowest BCUT2D eigenvalue weighted by Crippen LogP contribution is -2.18. The van der Waals surface area contributed by atoms with Crippen LogP contribution >= 0.6 is 11.6 Å². The number of ether oxygens (including phenoxy) is 1. The first-order valence-corrected chi connectivity index (χ1v) is 5.89. The fourth-order valence-corrected chi connectivity index (χ4v) is 1.47. The van der Waals surface area contributed by atoms with Crippen LogP contribution in [0.4, 0.5) is 0 Å². The van der Waals surface area contributed by atoms with Crippen molar-refractivity contribution in [1.29, 1.82) is 0 Å². The Morgan fingerprint density at radius 2 is 1.88 bits per heavy atom. The Bertz CT molecular complexity index is 398. The van der Waals surface area contributed by atoms with Gasteiger partial charge in [0.05, 0.1) is 5.56 Å². The molecule has 1 unspecified atom stereocenters. The van der Waals surface area contributed by atoms with Gasteiger partial charge < -0.3 is 4.74 Å². The summed E-state index contributed by atoms with van der Waals surface area (Å²) < 4.78 is 5.15. The summed E-state index contributed by atoms with van der Waals surface area (Å²) >= 11 is 5.71. The fourth-order valence-electron chi connectivity index (χ4n) is 1.34. The first kappa shape index (κ1) is 13.7. The van der Waals surface area contributed by atoms with Gasteiger partial charge >= 0.3 is 5.97 Å². The molecule has 0 radical (unpaired) electrons. The van der Waals surface area contributed by atoms with Crippen molar-refractivity contribution in [3.05, 3.63) is 34.9 Å². The highest BCUT2D eigenvalue weighted by Gasteiger charge is 2.14. The molecule has 0 fully saturated rings. The van der Waals surface area contributed by atoms with Crippen LogP contribution in [0.25, 0.3) is 0 Å². The molecule has 0 bridgehead atoms. The zero-order valence-corrected chi connectivity index (χ0v) is 10.7. The standard InChI is InChI=1S/C13H15ClO3/c1-3-12(15)8-9(2)17-13(16)10-4-6-11(14)7-5-10/h4-7,9H,3,8H2,1-2H3. The molecule has 0 heterocycles. The Morgan fingerprint density at radius 1 is 1.29 bits per heavy atom. The predicted octanol–water partition coefficient (Wildman–Crippen LogP) is 3.25. The summed E-state index contributed by atoms with van der Waals surface area (Å²) in [4.78, 5) is 22.8. The molecule has 92 valence electrons. The van der Waals surface area contributed by atoms with Gasteiger partial charge in [0, 0.05) is 17.9 Å². The van der Waals surface area contributed by atoms with Gasteiger partial charge in [0.25, 0.3) is 0 Å². The maximum absolute atomic E-state index is 11.7. The fraction of sp³-hybridized carbons (Fsp3) is 0.385. The van der Waals surface area contributed by atoms with Gasteiger partial charge in [-0.05, 0) is 31.2 Å². The lowest BCUT2D eigenvalue weighted by molar-refractivity contribution is -0.120. The van der Waals surface area contributed by atoms with Crippen molar-refractivity contribution >= 4 is 23.4 Å². The van der Waals surface area contributed by atoms with E-state index in [9.17, 15) is 9.59 Å². The molecule has 1 rings (SSSR count). The van der Waals surface area contributed by atoms with Crippen molar-refractivity contribution in [1.82, 2.24) is 0 Å². The van der Waals surface area contributed by atoms with Crippen molar-refractivity contribution in [3.63, 3.8) is 0 Å². The smallest absolute Gasteiger partial charge is 0.338 e. The van der Waals surface area contributed by atoms with E-state index in [1.165, 1.54) is 0 Å². The van der Waals surface area contributed by atoms with E-state index in [1.807, 2.05) is 0 Å². The highest BCUT2D eigenvalue weighted by Crippen LogP contribution is 2.12. The minimum Gasteiger partial charge on any atom is -0.459 e. The summed E-state index contributed by atoms with van der Waals surface area (Å²) in [7, 11) is 0. The summed E-state index contributed by atoms with van der Waals surface area (Å²) in [6.07, 6.45) is 0.323. The molecule has 17 heavy (non-hydrogen) atoms. The second kappa shape index (κ2) is 6.40. The van der Waals surface area contributed by atoms with Crippen LogP contribution in [-0.2, 0) is 9.53 Å². The van der Waals surface area contributed by atoms with Gasteiger partial charge in [-0.1, -0.05) is 18.5 Å². The Morgan fingerprint density at radius 3 is 2.41 bits per heavy atom. The van der Waals surface area contributed by atoms with Crippen LogP contribution in [-0.4, -0.2) is 17.9 Å². The van der Waals surface area contributed by atoms with Crippen LogP contribution < -0.4 is 0 Å². The number of esters is 1. The van der Waals surface area contributed by atoms with E-state index in [2.05, 4.69) is 0 Å². The molecule has 1 aromatic carbocycles. The van der Waals surface area contributed by atoms with Crippen molar-refractivity contribution in [2.24, 2.45) is 0 Å². The third-order valence-corrected chi connectivity index (χ3v) is 2.55. The van der Waals surface area contributed by atoms with Crippen molar-refractivity contribution < 1.29 is 14.3 Å². The number of hydrogen-bond donors (Lipinski definition) is 0. The average molecular weight is 255 g/mol. The molecule has 3 nitrogen and oxygen atoms in total. The summed E-state index contributed by atoms with van der Waals surface area (Å²) in [6.45, 7) is 3.50. The molecule has 0 aromatic heterocycles. The lowest BCUT2D eigenvalue weighted by Gasteiger charge is -2.12. The number of ketones is 1. The molecule has 1 aromatic rings. The molecule has 1 atom stereocenters. The van der Waals surface area contributed by atoms with Gasteiger partial charge in [-0.3, -0.25) is 4.79 Å². The third-order valence-electron chi connectivity index (χ3n) is 2.30. The molecular weight excluding hydrogens is 240 g/mol. The summed E-state index contributed by atoms with van der Waals surface area (Å²) in [5.41, 5.74) is 0.435. The first-order chi connectivity index (χ1) is 8.02. The van der Waals surface area contributed by atoms with E-state index < -0.39 is 12.1 Å². The maximum Gasteiger partial charge on any atom is 0.338 e. The molecule has 0 aliphatic heterocycles. The van der Waals surface area contributed by atoms with Crippen LogP contribution in [0, 0.1) is 0 Å². The van der Waals surface area contributed by atoms with Gasteiger partial charge in [0.1, 0.15) is 11.9 Å². The highest BCUT2D eigenvalue weighted by atomic mass is 35.5. The topological polar surface area (TPSA) is 43.4 Å². The van der Waals surface area contributed by atoms with Crippen molar-refractivity contribution in [3.8, 4) is 0 Å². The van der Waals surface area contributed by atoms with Gasteiger partial charge in [-0.2, -0.15) is 0 Å². The lowest BCUT2D eigenvalue weighted by atomic mass is 10.1. The van der Waals surface area contributed by atoms with E-state index in [0.29, 0.717) is 17.0 Å². The van der Waals surface area contributed by atoms with E-state index in [0.717, 1.165) is 0 Å². The SMILES string of the molecule is CCC(=O)CC(C)OC(=O)c1ccc(Cl)cc1. The van der Waals surface area contributed by atoms with Crippen molar-refractivity contribution in [2.45, 2.75) is 32.8 Å². The first-order valence-electron chi connectivity index (χ1n) is 5.51. The van der Waals surface area contributed by atoms with Crippen molar-refractivity contribution in [2.75, 3.05) is 0 Å². The number of carbonyl (C=O) groups is 2. The summed E-state index contributed by atoms with van der Waals surface area (Å²) in [6, 6.07) is 6.44. The molecule has 0 saturated heterocycles. The Kier molecular flexibility index (Phi) is 5.16. The highest BCUT2D eigenvalue weighted by molar-refractivity contribution is 6.30. The van der Waals surface area contributed by atoms with E-state index >= 15 is 0 Å². The molecule has 0 amide bonds. The summed E-state index contributed by atoms with van der Waals surface area (Å²) in [5, 5.41) is 0.566. The zero-order chi connectivity index (χ0) is 12.8. The molecule has 0 aliphatic rings. The van der Waals surface area contributed by atoms with E-state index in [-0.39, 0.29) is 12.2 Å². The third kappa shape index (κ3) is 4.57. The minimum absolute atomic E-state index is 0.0846. The van der Waals surface area contributed by atoms with Gasteiger partial charge in [0.15, 0.2) is 0 Å². The average Bonchev–Trinajstić information content (AvgIpc) is 2.29. The van der Waals surface area contributed by atoms with Crippen LogP contribution in [0.1, 0.15) is 37.0 Å². The predicted molar refractivity (Wildman–Crippen MR) is 66.2 cm³/mol. The molecule has 4 heteroatoms. The van der Waals surface area contributed by atoms with Crippen LogP contribution in [0.2, 0.25) is 5.02 Å². The summed E-state index contributed by atoms with van der Waals surface area (Å²) in [5.74, 6) is -0.348. The second-order valence-electron chi connectivity index (χ2n) is 3.82. The number of halogens is 1. The van der Waals surface area contributed by atoms with Gasteiger partial charge in [-0.25, -0.2) is 4.79 Å². The number of benzene rings is 1. The Hall–Kier alpha value is -1.35. The molecule has 0 aliphatic carbocycles. The number of hydrogen-bond acceptors (Lipinski definition) is 3. The molecular formula is C13H15ClO3. The molecule has 0 N–H and O–H groups in total. The Balaban J connectivity index is 2.54. The van der Waals surface area contributed by atoms with E-state index in [4.69, 9.17) is 16.3 Å². The normalized spacial score (nSPS) is 11.9. The Labute approximate surface area is 106 Å². The number of rotatable bonds is 5. The minimum atomic E-state index is -0.432. The molecule has 0 saturated carbocycles. The maximum atomic E-state index is 11.7. The second-order valence-corrected chi connectivity index (χ2v) is 4.26. The van der Waals surface area contributed by atoms with E-state index in [1.54, 1.807) is 38.1 Å². The largest absolute Gasteiger partial charge is 0.459 e. The monoisotopic (exact) mass is 254 g/mol. The van der Waals surface area contributed by atoms with Crippen LogP contribution in [0.5, 0.6) is 0 Å². The number of Topliss-reactive ketones (excluding diaryl/α,β-unsaturated/α-hetero) is 1. The van der Waals surface area contributed by atoms with Crippen LogP contribution in [0.3, 0.4) is 0 Å². The quantitative estimate of drug-likeness (QED) is 0.758. The van der Waals surface area contributed by atoms with Gasteiger partial charge in [-0.15, -0.1) is 0 Å². The van der Waals surface area contributed by atoms with Gasteiger partial charge in [0.2, 0.25) is 0 Å². The molecule has 0 spiro atoms.